The second kappa shape index (κ2) is 33.3. The van der Waals surface area contributed by atoms with Crippen LogP contribution in [0.15, 0.2) is 0 Å². The third kappa shape index (κ3) is 33.1. The fourth-order valence-electron chi connectivity index (χ4n) is 7.63. The van der Waals surface area contributed by atoms with Gasteiger partial charge >= 0.3 is 0 Å². The van der Waals surface area contributed by atoms with Crippen molar-refractivity contribution in [2.24, 2.45) is 16.7 Å². The molecule has 0 aliphatic carbocycles. The van der Waals surface area contributed by atoms with Crippen LogP contribution in [-0.2, 0) is 4.79 Å². The van der Waals surface area contributed by atoms with Gasteiger partial charge < -0.3 is 4.90 Å². The van der Waals surface area contributed by atoms with Crippen LogP contribution in [0.2, 0.25) is 0 Å². The Labute approximate surface area is 311 Å². The third-order valence-electron chi connectivity index (χ3n) is 11.0. The second-order valence-corrected chi connectivity index (χ2v) is 18.6. The Morgan fingerprint density at radius 3 is 0.816 bits per heavy atom. The average molecular weight is 690 g/mol. The van der Waals surface area contributed by atoms with Gasteiger partial charge in [0.05, 0.1) is 0 Å². The van der Waals surface area contributed by atoms with Crippen molar-refractivity contribution in [2.75, 3.05) is 13.1 Å². The van der Waals surface area contributed by atoms with Crippen LogP contribution in [0.4, 0.5) is 0 Å². The smallest absolute Gasteiger partial charge is 0.226 e. The van der Waals surface area contributed by atoms with Crippen LogP contribution in [0.5, 0.6) is 0 Å². The fraction of sp³-hybridized carbons (Fsp3) is 0.979. The molecular formula is C47H95NO. The summed E-state index contributed by atoms with van der Waals surface area (Å²) in [7, 11) is 0. The van der Waals surface area contributed by atoms with Gasteiger partial charge in [0.25, 0.3) is 0 Å². The van der Waals surface area contributed by atoms with E-state index in [1.165, 1.54) is 205 Å². The molecule has 0 fully saturated rings. The average Bonchev–Trinajstić information content (AvgIpc) is 3.04. The zero-order valence-corrected chi connectivity index (χ0v) is 35.7. The standard InChI is InChI=1S/C47H95NO/c1-9-11-13-15-17-19-21-23-25-27-29-31-33-35-37-39-41-48(45(49)44(47(6,7)8)43-46(3,4)5)42-40-38-36-34-32-30-28-26-24-22-20-18-16-14-12-10-2/h44H,9-43H2,1-8H3. The summed E-state index contributed by atoms with van der Waals surface area (Å²) in [6, 6.07) is 0. The van der Waals surface area contributed by atoms with Crippen LogP contribution in [-0.4, -0.2) is 23.9 Å². The van der Waals surface area contributed by atoms with E-state index in [9.17, 15) is 4.79 Å². The molecule has 0 aromatic rings. The molecule has 0 rings (SSSR count). The number of hydrogen-bond donors (Lipinski definition) is 0. The molecule has 1 atom stereocenters. The van der Waals surface area contributed by atoms with Crippen molar-refractivity contribution in [3.63, 3.8) is 0 Å². The van der Waals surface area contributed by atoms with Crippen molar-refractivity contribution in [2.45, 2.75) is 267 Å². The highest BCUT2D eigenvalue weighted by Crippen LogP contribution is 2.37. The largest absolute Gasteiger partial charge is 0.342 e. The Kier molecular flexibility index (Phi) is 33.0. The number of carbonyl (C=O) groups excluding carboxylic acids is 1. The molecule has 0 aromatic carbocycles. The molecule has 0 bridgehead atoms. The van der Waals surface area contributed by atoms with Crippen molar-refractivity contribution in [3.05, 3.63) is 0 Å². The highest BCUT2D eigenvalue weighted by Gasteiger charge is 2.36. The molecule has 0 saturated carbocycles. The van der Waals surface area contributed by atoms with Crippen LogP contribution in [0.3, 0.4) is 0 Å². The Morgan fingerprint density at radius 1 is 0.388 bits per heavy atom. The predicted octanol–water partition coefficient (Wildman–Crippen LogP) is 16.4. The Bertz CT molecular complexity index is 649. The summed E-state index contributed by atoms with van der Waals surface area (Å²) in [5, 5.41) is 0. The van der Waals surface area contributed by atoms with Crippen LogP contribution in [0.25, 0.3) is 0 Å². The lowest BCUT2D eigenvalue weighted by molar-refractivity contribution is -0.140. The van der Waals surface area contributed by atoms with Crippen LogP contribution < -0.4 is 0 Å². The number of rotatable bonds is 36. The van der Waals surface area contributed by atoms with Crippen molar-refractivity contribution in [1.29, 1.82) is 0 Å². The molecule has 49 heavy (non-hydrogen) atoms. The first kappa shape index (κ1) is 48.5. The quantitative estimate of drug-likeness (QED) is 0.0600. The van der Waals surface area contributed by atoms with Gasteiger partial charge in [-0.1, -0.05) is 248 Å². The van der Waals surface area contributed by atoms with Gasteiger partial charge in [-0.25, -0.2) is 0 Å². The maximum atomic E-state index is 14.1. The monoisotopic (exact) mass is 690 g/mol. The predicted molar refractivity (Wildman–Crippen MR) is 223 cm³/mol. The Morgan fingerprint density at radius 2 is 0.612 bits per heavy atom. The minimum Gasteiger partial charge on any atom is -0.342 e. The number of amides is 1. The highest BCUT2D eigenvalue weighted by atomic mass is 16.2. The lowest BCUT2D eigenvalue weighted by atomic mass is 9.71. The van der Waals surface area contributed by atoms with Crippen molar-refractivity contribution >= 4 is 5.91 Å². The van der Waals surface area contributed by atoms with E-state index in [2.05, 4.69) is 60.3 Å². The molecule has 2 heteroatoms. The molecule has 0 aliphatic rings. The third-order valence-corrected chi connectivity index (χ3v) is 11.0. The molecular weight excluding hydrogens is 595 g/mol. The number of hydrogen-bond acceptors (Lipinski definition) is 1. The zero-order valence-electron chi connectivity index (χ0n) is 35.7. The highest BCUT2D eigenvalue weighted by molar-refractivity contribution is 5.79. The van der Waals surface area contributed by atoms with Crippen molar-refractivity contribution < 1.29 is 4.79 Å². The summed E-state index contributed by atoms with van der Waals surface area (Å²) in [5.41, 5.74) is 0.174. The van der Waals surface area contributed by atoms with E-state index in [0.717, 1.165) is 19.5 Å². The lowest BCUT2D eigenvalue weighted by Gasteiger charge is -2.38. The minimum absolute atomic E-state index is 0.00583. The molecule has 2 nitrogen and oxygen atoms in total. The lowest BCUT2D eigenvalue weighted by Crippen LogP contribution is -2.43. The molecule has 0 spiro atoms. The van der Waals surface area contributed by atoms with E-state index >= 15 is 0 Å². The molecule has 1 amide bonds. The van der Waals surface area contributed by atoms with E-state index in [-0.39, 0.29) is 16.7 Å². The first-order valence-corrected chi connectivity index (χ1v) is 22.8. The Balaban J connectivity index is 4.29. The first-order valence-electron chi connectivity index (χ1n) is 22.8. The molecule has 0 radical (unpaired) electrons. The van der Waals surface area contributed by atoms with Crippen molar-refractivity contribution in [3.8, 4) is 0 Å². The van der Waals surface area contributed by atoms with E-state index in [4.69, 9.17) is 0 Å². The van der Waals surface area contributed by atoms with Crippen LogP contribution in [0, 0.1) is 16.7 Å². The summed E-state index contributed by atoms with van der Waals surface area (Å²) in [6.45, 7) is 20.3. The van der Waals surface area contributed by atoms with Crippen LogP contribution >= 0.6 is 0 Å². The number of carbonyl (C=O) groups is 1. The molecule has 0 aromatic heterocycles. The van der Waals surface area contributed by atoms with Crippen LogP contribution in [0.1, 0.15) is 267 Å². The fourth-order valence-corrected chi connectivity index (χ4v) is 7.63. The number of unbranched alkanes of at least 4 members (excludes halogenated alkanes) is 30. The van der Waals surface area contributed by atoms with E-state index in [1.54, 1.807) is 0 Å². The van der Waals surface area contributed by atoms with Gasteiger partial charge in [-0.05, 0) is 30.1 Å². The Hall–Kier alpha value is -0.530. The normalized spacial score (nSPS) is 12.9. The SMILES string of the molecule is CCCCCCCCCCCCCCCCCCN(CCCCCCCCCCCCCCCCCC)C(=O)C(CC(C)(C)C)C(C)(C)C. The second-order valence-electron chi connectivity index (χ2n) is 18.6. The maximum absolute atomic E-state index is 14.1. The minimum atomic E-state index is 0.00583. The number of nitrogens with zero attached hydrogens (tertiary/aromatic N) is 1. The first-order chi connectivity index (χ1) is 23.5. The topological polar surface area (TPSA) is 20.3 Å². The summed E-state index contributed by atoms with van der Waals surface area (Å²) < 4.78 is 0. The molecule has 0 aliphatic heterocycles. The molecule has 0 heterocycles. The molecule has 0 N–H and O–H groups in total. The van der Waals surface area contributed by atoms with Gasteiger partial charge in [-0.3, -0.25) is 4.79 Å². The van der Waals surface area contributed by atoms with E-state index < -0.39 is 0 Å². The van der Waals surface area contributed by atoms with E-state index in [1.807, 2.05) is 0 Å². The summed E-state index contributed by atoms with van der Waals surface area (Å²) in [5.74, 6) is 0.541. The van der Waals surface area contributed by atoms with Gasteiger partial charge in [-0.2, -0.15) is 0 Å². The maximum Gasteiger partial charge on any atom is 0.226 e. The summed E-state index contributed by atoms with van der Waals surface area (Å²) >= 11 is 0. The zero-order chi connectivity index (χ0) is 36.5. The molecule has 1 unspecified atom stereocenters. The summed E-state index contributed by atoms with van der Waals surface area (Å²) in [6.07, 6.45) is 45.6. The molecule has 294 valence electrons. The van der Waals surface area contributed by atoms with Gasteiger partial charge in [0.15, 0.2) is 0 Å². The molecule has 0 saturated heterocycles. The van der Waals surface area contributed by atoms with Crippen molar-refractivity contribution in [1.82, 2.24) is 4.90 Å². The van der Waals surface area contributed by atoms with Gasteiger partial charge in [0, 0.05) is 19.0 Å². The summed E-state index contributed by atoms with van der Waals surface area (Å²) in [4.78, 5) is 16.4. The van der Waals surface area contributed by atoms with Gasteiger partial charge in [-0.15, -0.1) is 0 Å². The van der Waals surface area contributed by atoms with E-state index in [0.29, 0.717) is 5.91 Å². The van der Waals surface area contributed by atoms with Gasteiger partial charge in [0.2, 0.25) is 5.91 Å². The van der Waals surface area contributed by atoms with Gasteiger partial charge in [0.1, 0.15) is 0 Å².